The molecule has 0 saturated heterocycles. The SMILES string of the molecule is c1ccc(-c2cccc(-c3ccccc3)c2N2c3cc(-c4ccc(N(c5ccccc5)c5ccccc5)cc4)ccc3B3c4ccc(-n5c6ccccc6c6ccccc65)cc4N(c4c(-c5ccccc5)cccc4-c4ccccc4)c4cc(-c5ccc(-n6c7ccccc7c7ccccc76)cc5)cc2c43)cc1. The molecule has 5 nitrogen and oxygen atoms in total. The second kappa shape index (κ2) is 25.9. The van der Waals surface area contributed by atoms with Crippen LogP contribution in [0.15, 0.2) is 413 Å². The van der Waals surface area contributed by atoms with E-state index in [1.54, 1.807) is 0 Å². The van der Waals surface area contributed by atoms with Gasteiger partial charge in [-0.1, -0.05) is 309 Å². The summed E-state index contributed by atoms with van der Waals surface area (Å²) in [6, 6.07) is 153. The molecule has 2 aliphatic heterocycles. The van der Waals surface area contributed by atoms with Gasteiger partial charge in [-0.2, -0.15) is 0 Å². The highest BCUT2D eigenvalue weighted by Crippen LogP contribution is 2.55. The van der Waals surface area contributed by atoms with E-state index in [0.29, 0.717) is 0 Å². The van der Waals surface area contributed by atoms with E-state index >= 15 is 0 Å². The van der Waals surface area contributed by atoms with Crippen molar-refractivity contribution in [2.24, 2.45) is 0 Å². The third-order valence-electron chi connectivity index (χ3n) is 22.3. The quantitative estimate of drug-likeness (QED) is 0.107. The monoisotopic (exact) mass is 1370 g/mol. The normalized spacial score (nSPS) is 12.2. The zero-order valence-electron chi connectivity index (χ0n) is 59.1. The summed E-state index contributed by atoms with van der Waals surface area (Å²) in [6.07, 6.45) is 0. The van der Waals surface area contributed by atoms with Crippen molar-refractivity contribution in [1.29, 1.82) is 0 Å². The minimum Gasteiger partial charge on any atom is -0.311 e. The molecule has 2 aromatic heterocycles. The number of anilines is 9. The van der Waals surface area contributed by atoms with Crippen LogP contribution in [0.2, 0.25) is 0 Å². The van der Waals surface area contributed by atoms with Gasteiger partial charge in [0, 0.05) is 95.0 Å². The van der Waals surface area contributed by atoms with Gasteiger partial charge in [0.2, 0.25) is 0 Å². The lowest BCUT2D eigenvalue weighted by Gasteiger charge is -2.46. The number of aromatic nitrogens is 2. The van der Waals surface area contributed by atoms with Gasteiger partial charge in [0.1, 0.15) is 0 Å². The summed E-state index contributed by atoms with van der Waals surface area (Å²) in [7, 11) is 0. The van der Waals surface area contributed by atoms with Crippen LogP contribution in [0.5, 0.6) is 0 Å². The van der Waals surface area contributed by atoms with Crippen LogP contribution in [0, 0.1) is 0 Å². The Bertz CT molecular complexity index is 6390. The zero-order valence-corrected chi connectivity index (χ0v) is 59.1. The van der Waals surface area contributed by atoms with Crippen molar-refractivity contribution in [1.82, 2.24) is 9.13 Å². The first-order valence-corrected chi connectivity index (χ1v) is 37.3. The molecule has 17 aromatic carbocycles. The summed E-state index contributed by atoms with van der Waals surface area (Å²) in [5.74, 6) is 0. The Hall–Kier alpha value is -14.2. The molecular weight excluding hydrogens is 1310 g/mol. The van der Waals surface area contributed by atoms with Crippen molar-refractivity contribution in [3.63, 3.8) is 0 Å². The summed E-state index contributed by atoms with van der Waals surface area (Å²) in [5, 5.41) is 4.90. The lowest BCUT2D eigenvalue weighted by atomic mass is 9.33. The van der Waals surface area contributed by atoms with Crippen molar-refractivity contribution < 1.29 is 0 Å². The molecule has 0 spiro atoms. The van der Waals surface area contributed by atoms with Gasteiger partial charge in [-0.25, -0.2) is 0 Å². The lowest BCUT2D eigenvalue weighted by Crippen LogP contribution is -2.61. The second-order valence-corrected chi connectivity index (χ2v) is 28.3. The van der Waals surface area contributed by atoms with Crippen molar-refractivity contribution in [3.05, 3.63) is 413 Å². The van der Waals surface area contributed by atoms with Gasteiger partial charge in [-0.3, -0.25) is 0 Å². The van der Waals surface area contributed by atoms with E-state index in [1.807, 2.05) is 0 Å². The average molecular weight is 1370 g/mol. The van der Waals surface area contributed by atoms with Crippen LogP contribution in [0.1, 0.15) is 0 Å². The highest BCUT2D eigenvalue weighted by Gasteiger charge is 2.46. The average Bonchev–Trinajstić information content (AvgIpc) is 0.827. The van der Waals surface area contributed by atoms with Crippen LogP contribution in [-0.4, -0.2) is 15.8 Å². The lowest BCUT2D eigenvalue weighted by molar-refractivity contribution is 1.17. The number of hydrogen-bond acceptors (Lipinski definition) is 3. The molecular formula is C102H68BN5. The molecule has 0 saturated carbocycles. The number of para-hydroxylation sites is 8. The number of rotatable bonds is 13. The van der Waals surface area contributed by atoms with Crippen LogP contribution in [0.3, 0.4) is 0 Å². The number of hydrogen-bond donors (Lipinski definition) is 0. The van der Waals surface area contributed by atoms with E-state index in [1.165, 1.54) is 49.0 Å². The molecule has 0 unspecified atom stereocenters. The molecule has 19 aromatic rings. The molecule has 6 heteroatoms. The van der Waals surface area contributed by atoms with Gasteiger partial charge >= 0.3 is 0 Å². The van der Waals surface area contributed by atoms with E-state index in [4.69, 9.17) is 0 Å². The van der Waals surface area contributed by atoms with Crippen LogP contribution in [0.25, 0.3) is 122 Å². The van der Waals surface area contributed by atoms with E-state index in [-0.39, 0.29) is 6.71 Å². The number of nitrogens with zero attached hydrogens (tertiary/aromatic N) is 5. The fourth-order valence-electron chi connectivity index (χ4n) is 17.5. The van der Waals surface area contributed by atoms with Crippen molar-refractivity contribution in [3.8, 4) is 78.1 Å². The second-order valence-electron chi connectivity index (χ2n) is 28.3. The Labute approximate surface area is 628 Å². The van der Waals surface area contributed by atoms with Gasteiger partial charge in [-0.15, -0.1) is 0 Å². The number of benzene rings is 17. The Balaban J connectivity index is 0.884. The Morgan fingerprint density at radius 3 is 0.926 bits per heavy atom. The summed E-state index contributed by atoms with van der Waals surface area (Å²) in [4.78, 5) is 7.69. The Kier molecular flexibility index (Phi) is 15.0. The van der Waals surface area contributed by atoms with Crippen molar-refractivity contribution in [2.75, 3.05) is 14.7 Å². The standard InChI is InChI=1S/C102H68BN5/c1-7-29-71(30-8-1)82-45-27-46-83(72-31-9-2-10-32-72)101(82)107-96-65-75(69-53-58-79(59-54-69)104(77-37-15-5-16-38-77)78-39-17-6-18-40-78)57-63-90(96)103-91-64-62-81(106-94-51-25-21-43-88(94)89-44-22-26-52-95(89)106)68-97(91)108(102-84(73-33-11-3-12-34-73)47-28-48-85(102)74-35-13-4-14-36-74)99-67-76(66-98(107)100(99)103)70-55-60-80(61-56-70)105-92-49-23-19-41-86(92)87-42-20-24-50-93(87)105/h1-68H. The van der Waals surface area contributed by atoms with E-state index in [0.717, 1.165) is 140 Å². The predicted octanol–water partition coefficient (Wildman–Crippen LogP) is 25.4. The van der Waals surface area contributed by atoms with E-state index < -0.39 is 0 Å². The Morgan fingerprint density at radius 1 is 0.204 bits per heavy atom. The first-order chi connectivity index (χ1) is 53.6. The van der Waals surface area contributed by atoms with Gasteiger partial charge < -0.3 is 23.8 Å². The topological polar surface area (TPSA) is 19.6 Å². The largest absolute Gasteiger partial charge is 0.311 e. The fraction of sp³-hybridized carbons (Fsp3) is 0. The highest BCUT2D eigenvalue weighted by molar-refractivity contribution is 7.00. The predicted molar refractivity (Wildman–Crippen MR) is 456 cm³/mol. The van der Waals surface area contributed by atoms with Crippen molar-refractivity contribution >= 4 is 118 Å². The van der Waals surface area contributed by atoms with Gasteiger partial charge in [0.05, 0.1) is 33.4 Å². The van der Waals surface area contributed by atoms with Gasteiger partial charge in [-0.05, 0) is 164 Å². The molecule has 504 valence electrons. The summed E-state index contributed by atoms with van der Waals surface area (Å²) in [5.41, 5.74) is 33.7. The summed E-state index contributed by atoms with van der Waals surface area (Å²) in [6.45, 7) is -0.263. The minimum absolute atomic E-state index is 0.263. The molecule has 2 aliphatic rings. The van der Waals surface area contributed by atoms with E-state index in [9.17, 15) is 0 Å². The molecule has 0 fully saturated rings. The molecule has 4 heterocycles. The smallest absolute Gasteiger partial charge is 0.252 e. The maximum Gasteiger partial charge on any atom is 0.252 e. The molecule has 0 bridgehead atoms. The summed E-state index contributed by atoms with van der Waals surface area (Å²) >= 11 is 0. The molecule has 0 amide bonds. The highest BCUT2D eigenvalue weighted by atomic mass is 15.2. The van der Waals surface area contributed by atoms with Crippen LogP contribution in [0.4, 0.5) is 51.2 Å². The van der Waals surface area contributed by atoms with Crippen LogP contribution >= 0.6 is 0 Å². The van der Waals surface area contributed by atoms with Crippen molar-refractivity contribution in [2.45, 2.75) is 0 Å². The Morgan fingerprint density at radius 2 is 0.509 bits per heavy atom. The zero-order chi connectivity index (χ0) is 71.2. The maximum atomic E-state index is 2.68. The first kappa shape index (κ1) is 62.4. The third-order valence-corrected chi connectivity index (χ3v) is 22.3. The fourth-order valence-corrected chi connectivity index (χ4v) is 17.5. The molecule has 0 aliphatic carbocycles. The summed E-state index contributed by atoms with van der Waals surface area (Å²) < 4.78 is 4.91. The molecule has 0 radical (unpaired) electrons. The molecule has 0 N–H and O–H groups in total. The first-order valence-electron chi connectivity index (χ1n) is 37.3. The minimum atomic E-state index is -0.263. The molecule has 108 heavy (non-hydrogen) atoms. The maximum absolute atomic E-state index is 2.68. The van der Waals surface area contributed by atoms with Gasteiger partial charge in [0.25, 0.3) is 6.71 Å². The van der Waals surface area contributed by atoms with E-state index in [2.05, 4.69) is 436 Å². The number of fused-ring (bicyclic) bond motifs is 10. The van der Waals surface area contributed by atoms with Crippen LogP contribution < -0.4 is 31.1 Å². The van der Waals surface area contributed by atoms with Gasteiger partial charge in [0.15, 0.2) is 0 Å². The molecule has 21 rings (SSSR count). The third kappa shape index (κ3) is 10.2. The van der Waals surface area contributed by atoms with Crippen LogP contribution in [-0.2, 0) is 0 Å². The molecule has 0 atom stereocenters.